The van der Waals surface area contributed by atoms with Crippen molar-refractivity contribution in [2.24, 2.45) is 17.8 Å². The Kier molecular flexibility index (Phi) is 10.4. The number of hydrogen-bond acceptors (Lipinski definition) is 0. The molecule has 2 saturated carbocycles. The van der Waals surface area contributed by atoms with Crippen molar-refractivity contribution in [1.29, 1.82) is 0 Å². The number of halogens is 17. The van der Waals surface area contributed by atoms with E-state index in [1.807, 2.05) is 0 Å². The zero-order valence-corrected chi connectivity index (χ0v) is 24.1. The van der Waals surface area contributed by atoms with Gasteiger partial charge >= 0.3 is 47.6 Å². The smallest absolute Gasteiger partial charge is 0.194 e. The van der Waals surface area contributed by atoms with Gasteiger partial charge < -0.3 is 0 Å². The predicted octanol–water partition coefficient (Wildman–Crippen LogP) is 12.0. The van der Waals surface area contributed by atoms with E-state index in [1.165, 1.54) is 12.8 Å². The van der Waals surface area contributed by atoms with Gasteiger partial charge in [-0.2, -0.15) is 74.6 Å². The van der Waals surface area contributed by atoms with Gasteiger partial charge in [-0.1, -0.05) is 69.7 Å². The van der Waals surface area contributed by atoms with Gasteiger partial charge in [0.2, 0.25) is 0 Å². The van der Waals surface area contributed by atoms with Crippen LogP contribution in [0.2, 0.25) is 0 Å². The van der Waals surface area contributed by atoms with Crippen LogP contribution < -0.4 is 0 Å². The second kappa shape index (κ2) is 12.5. The number of hydrogen-bond donors (Lipinski definition) is 0. The van der Waals surface area contributed by atoms with Crippen LogP contribution in [0.25, 0.3) is 0 Å². The molecule has 0 radical (unpaired) electrons. The third-order valence-corrected chi connectivity index (χ3v) is 9.43. The van der Waals surface area contributed by atoms with Crippen molar-refractivity contribution in [3.8, 4) is 0 Å². The zero-order valence-electron chi connectivity index (χ0n) is 24.1. The molecule has 2 aliphatic carbocycles. The summed E-state index contributed by atoms with van der Waals surface area (Å²) in [6, 6.07) is 1.74. The molecule has 0 unspecified atom stereocenters. The molecule has 0 aromatic heterocycles. The van der Waals surface area contributed by atoms with Crippen molar-refractivity contribution in [2.45, 2.75) is 125 Å². The van der Waals surface area contributed by atoms with Gasteiger partial charge in [-0.05, 0) is 54.9 Å². The highest BCUT2D eigenvalue weighted by Crippen LogP contribution is 2.65. The first kappa shape index (κ1) is 38.5. The van der Waals surface area contributed by atoms with E-state index >= 15 is 0 Å². The minimum Gasteiger partial charge on any atom is -0.194 e. The van der Waals surface area contributed by atoms with E-state index in [1.54, 1.807) is 0 Å². The molecule has 0 spiro atoms. The Morgan fingerprint density at radius 1 is 0.457 bits per heavy atom. The Morgan fingerprint density at radius 3 is 1.20 bits per heavy atom. The monoisotopic (exact) mass is 702 g/mol. The van der Waals surface area contributed by atoms with Gasteiger partial charge in [0.1, 0.15) is 0 Å². The highest BCUT2D eigenvalue weighted by Gasteiger charge is 2.95. The molecule has 0 atom stereocenters. The van der Waals surface area contributed by atoms with Crippen LogP contribution in [-0.4, -0.2) is 41.7 Å². The molecule has 46 heavy (non-hydrogen) atoms. The molecule has 2 aliphatic rings. The molecule has 0 amide bonds. The molecule has 0 bridgehead atoms. The summed E-state index contributed by atoms with van der Waals surface area (Å²) < 4.78 is 231. The lowest BCUT2D eigenvalue weighted by Gasteiger charge is -2.42. The SMILES string of the molecule is CC1CCC(CCC2CCC(c3ccc(C(F)(F)C(F)(F)C(F)(F)C(F)(F)C(F)(F)C(F)(F)C(F)(F)C(F)(F)F)cc3)CC2)CC1. The van der Waals surface area contributed by atoms with Crippen LogP contribution in [0.1, 0.15) is 88.2 Å². The molecule has 3 rings (SSSR count). The normalized spacial score (nSPS) is 25.1. The molecule has 266 valence electrons. The summed E-state index contributed by atoms with van der Waals surface area (Å²) in [6.07, 6.45) is 1.44. The van der Waals surface area contributed by atoms with Gasteiger partial charge in [-0.25, -0.2) is 0 Å². The molecule has 0 saturated heterocycles. The lowest BCUT2D eigenvalue weighted by molar-refractivity contribution is -0.462. The largest absolute Gasteiger partial charge is 0.460 e. The lowest BCUT2D eigenvalue weighted by atomic mass is 9.74. The van der Waals surface area contributed by atoms with Crippen LogP contribution in [0.5, 0.6) is 0 Å². The van der Waals surface area contributed by atoms with E-state index < -0.39 is 53.2 Å². The Bertz CT molecular complexity index is 1150. The van der Waals surface area contributed by atoms with E-state index in [0.29, 0.717) is 30.6 Å². The molecular formula is C29H31F17. The van der Waals surface area contributed by atoms with Gasteiger partial charge in [0, 0.05) is 5.56 Å². The summed E-state index contributed by atoms with van der Waals surface area (Å²) in [5.41, 5.74) is -1.90. The number of alkyl halides is 17. The molecule has 0 heterocycles. The summed E-state index contributed by atoms with van der Waals surface area (Å²) in [5, 5.41) is 0. The van der Waals surface area contributed by atoms with Crippen LogP contribution in [0, 0.1) is 17.8 Å². The third-order valence-electron chi connectivity index (χ3n) is 9.43. The molecule has 1 aromatic carbocycles. The Hall–Kier alpha value is -1.97. The second-order valence-corrected chi connectivity index (χ2v) is 12.6. The van der Waals surface area contributed by atoms with Crippen LogP contribution in [0.4, 0.5) is 74.6 Å². The van der Waals surface area contributed by atoms with E-state index in [9.17, 15) is 74.6 Å². The molecule has 2 fully saturated rings. The Balaban J connectivity index is 1.76. The van der Waals surface area contributed by atoms with Gasteiger partial charge in [0.15, 0.2) is 0 Å². The maximum absolute atomic E-state index is 14.6. The topological polar surface area (TPSA) is 0 Å². The summed E-state index contributed by atoms with van der Waals surface area (Å²) in [5.74, 6) is -55.0. The van der Waals surface area contributed by atoms with Crippen molar-refractivity contribution in [2.75, 3.05) is 0 Å². The molecule has 0 aliphatic heterocycles. The quantitative estimate of drug-likeness (QED) is 0.201. The second-order valence-electron chi connectivity index (χ2n) is 12.6. The standard InChI is InChI=1S/C29H31F17/c1-16-2-4-17(5-3-16)6-7-18-8-10-19(11-9-18)20-12-14-21(15-13-20)22(30,31)23(32,33)24(34,35)25(36,37)26(38,39)27(40,41)28(42,43)29(44,45)46/h12-19H,2-11H2,1H3. The first-order chi connectivity index (χ1) is 20.7. The predicted molar refractivity (Wildman–Crippen MR) is 131 cm³/mol. The fourth-order valence-electron chi connectivity index (χ4n) is 6.18. The maximum atomic E-state index is 14.6. The van der Waals surface area contributed by atoms with Gasteiger partial charge in [0.05, 0.1) is 0 Å². The maximum Gasteiger partial charge on any atom is 0.460 e. The average Bonchev–Trinajstić information content (AvgIpc) is 2.96. The molecule has 17 heteroatoms. The molecule has 0 nitrogen and oxygen atoms in total. The van der Waals surface area contributed by atoms with E-state index in [4.69, 9.17) is 0 Å². The van der Waals surface area contributed by atoms with Crippen molar-refractivity contribution in [1.82, 2.24) is 0 Å². The lowest BCUT2D eigenvalue weighted by Crippen LogP contribution is -2.74. The van der Waals surface area contributed by atoms with Gasteiger partial charge in [0.25, 0.3) is 0 Å². The Labute approximate surface area is 253 Å². The molecule has 1 aromatic rings. The van der Waals surface area contributed by atoms with E-state index in [-0.39, 0.29) is 23.6 Å². The van der Waals surface area contributed by atoms with E-state index in [2.05, 4.69) is 6.92 Å². The van der Waals surface area contributed by atoms with E-state index in [0.717, 1.165) is 50.7 Å². The zero-order chi connectivity index (χ0) is 35.4. The first-order valence-corrected chi connectivity index (χ1v) is 14.5. The fourth-order valence-corrected chi connectivity index (χ4v) is 6.18. The van der Waals surface area contributed by atoms with Crippen molar-refractivity contribution in [3.63, 3.8) is 0 Å². The minimum absolute atomic E-state index is 0.0954. The minimum atomic E-state index is -8.63. The Morgan fingerprint density at radius 2 is 0.804 bits per heavy atom. The summed E-state index contributed by atoms with van der Waals surface area (Å²) in [4.78, 5) is 0. The van der Waals surface area contributed by atoms with Crippen LogP contribution >= 0.6 is 0 Å². The van der Waals surface area contributed by atoms with Crippen LogP contribution in [0.3, 0.4) is 0 Å². The van der Waals surface area contributed by atoms with Crippen molar-refractivity contribution < 1.29 is 74.6 Å². The number of rotatable bonds is 11. The highest BCUT2D eigenvalue weighted by atomic mass is 19.4. The summed E-state index contributed by atoms with van der Waals surface area (Å²) in [6.45, 7) is 2.20. The first-order valence-electron chi connectivity index (χ1n) is 14.5. The van der Waals surface area contributed by atoms with Crippen molar-refractivity contribution in [3.05, 3.63) is 35.4 Å². The summed E-state index contributed by atoms with van der Waals surface area (Å²) in [7, 11) is 0. The highest BCUT2D eigenvalue weighted by molar-refractivity contribution is 5.31. The molecule has 0 N–H and O–H groups in total. The average molecular weight is 703 g/mol. The fraction of sp³-hybridized carbons (Fsp3) is 0.793. The summed E-state index contributed by atoms with van der Waals surface area (Å²) >= 11 is 0. The number of benzene rings is 1. The van der Waals surface area contributed by atoms with Crippen LogP contribution in [-0.2, 0) is 5.92 Å². The van der Waals surface area contributed by atoms with Crippen molar-refractivity contribution >= 4 is 0 Å². The van der Waals surface area contributed by atoms with Crippen LogP contribution in [0.15, 0.2) is 24.3 Å². The van der Waals surface area contributed by atoms with Gasteiger partial charge in [-0.15, -0.1) is 0 Å². The molecular weight excluding hydrogens is 671 g/mol. The third kappa shape index (κ3) is 6.29. The van der Waals surface area contributed by atoms with Gasteiger partial charge in [-0.3, -0.25) is 0 Å².